The molecule has 0 saturated carbocycles. The molecular weight excluding hydrogens is 534 g/mol. The summed E-state index contributed by atoms with van der Waals surface area (Å²) in [5.74, 6) is 1.71. The van der Waals surface area contributed by atoms with E-state index in [0.29, 0.717) is 31.2 Å². The Balaban J connectivity index is 1.03. The standard InChI is InChI=1S/C31H35N7O4/c1-37-17-24(16-35-37)23-14-28(29(32)34-15-23)30(39)36-25-8-11-38(18-25)31(40)42-27-5-3-21-12-26(4-2-22(21)13-27)41-19-20-6-9-33-10-7-20/h2-5,12-17,20,25,33H,6-11,18-19H2,1H3,(H2,32,34)(H,36,39)/t25-/m1/s1. The number of carbonyl (C=O) groups is 2. The number of nitrogen functional groups attached to an aromatic ring is 1. The average molecular weight is 570 g/mol. The molecule has 11 heteroatoms. The van der Waals surface area contributed by atoms with Crippen molar-refractivity contribution < 1.29 is 19.1 Å². The van der Waals surface area contributed by atoms with Crippen LogP contribution in [0.4, 0.5) is 10.6 Å². The van der Waals surface area contributed by atoms with Crippen molar-refractivity contribution in [2.24, 2.45) is 13.0 Å². The Morgan fingerprint density at radius 1 is 1.02 bits per heavy atom. The SMILES string of the molecule is Cn1cc(-c2cnc(N)c(C(=O)N[C@@H]3CCN(C(=O)Oc4ccc5cc(OCC6CCNCC6)ccc5c4)C3)c2)cn1. The summed E-state index contributed by atoms with van der Waals surface area (Å²) in [6, 6.07) is 13.0. The Hall–Kier alpha value is -4.64. The molecule has 2 fully saturated rings. The molecule has 218 valence electrons. The third kappa shape index (κ3) is 6.31. The van der Waals surface area contributed by atoms with E-state index in [1.807, 2.05) is 43.6 Å². The van der Waals surface area contributed by atoms with Gasteiger partial charge in [-0.25, -0.2) is 9.78 Å². The molecule has 2 amide bonds. The topological polar surface area (TPSA) is 137 Å². The summed E-state index contributed by atoms with van der Waals surface area (Å²) in [5, 5.41) is 12.5. The molecule has 6 rings (SSSR count). The second kappa shape index (κ2) is 12.1. The predicted molar refractivity (Wildman–Crippen MR) is 159 cm³/mol. The lowest BCUT2D eigenvalue weighted by atomic mass is 9.99. The van der Waals surface area contributed by atoms with Gasteiger partial charge in [0.05, 0.1) is 18.4 Å². The molecule has 11 nitrogen and oxygen atoms in total. The van der Waals surface area contributed by atoms with Crippen LogP contribution < -0.4 is 25.8 Å². The fourth-order valence-corrected chi connectivity index (χ4v) is 5.48. The minimum atomic E-state index is -0.451. The van der Waals surface area contributed by atoms with Crippen molar-refractivity contribution in [3.8, 4) is 22.6 Å². The summed E-state index contributed by atoms with van der Waals surface area (Å²) in [6.45, 7) is 3.63. The molecule has 2 saturated heterocycles. The summed E-state index contributed by atoms with van der Waals surface area (Å²) in [7, 11) is 1.82. The lowest BCUT2D eigenvalue weighted by Gasteiger charge is -2.22. The highest BCUT2D eigenvalue weighted by atomic mass is 16.6. The minimum absolute atomic E-state index is 0.145. The van der Waals surface area contributed by atoms with E-state index in [4.69, 9.17) is 15.2 Å². The molecule has 4 heterocycles. The number of fused-ring (bicyclic) bond motifs is 1. The van der Waals surface area contributed by atoms with Crippen LogP contribution in [0.3, 0.4) is 0 Å². The number of nitrogens with one attached hydrogen (secondary N) is 2. The summed E-state index contributed by atoms with van der Waals surface area (Å²) >= 11 is 0. The molecule has 0 spiro atoms. The predicted octanol–water partition coefficient (Wildman–Crippen LogP) is 3.60. The van der Waals surface area contributed by atoms with Gasteiger partial charge >= 0.3 is 6.09 Å². The lowest BCUT2D eigenvalue weighted by molar-refractivity contribution is 0.0937. The number of nitrogens with zero attached hydrogens (tertiary/aromatic N) is 4. The maximum Gasteiger partial charge on any atom is 0.415 e. The van der Waals surface area contributed by atoms with Crippen LogP contribution in [0.1, 0.15) is 29.6 Å². The number of likely N-dealkylation sites (tertiary alicyclic amines) is 1. The smallest absolute Gasteiger partial charge is 0.415 e. The van der Waals surface area contributed by atoms with E-state index in [1.165, 1.54) is 0 Å². The van der Waals surface area contributed by atoms with Gasteiger partial charge in [0.25, 0.3) is 5.91 Å². The maximum absolute atomic E-state index is 13.0. The van der Waals surface area contributed by atoms with Crippen molar-refractivity contribution in [3.63, 3.8) is 0 Å². The summed E-state index contributed by atoms with van der Waals surface area (Å²) in [5.41, 5.74) is 7.88. The second-order valence-corrected chi connectivity index (χ2v) is 11.0. The van der Waals surface area contributed by atoms with Crippen LogP contribution in [0, 0.1) is 5.92 Å². The number of hydrogen-bond acceptors (Lipinski definition) is 8. The number of aromatic nitrogens is 3. The van der Waals surface area contributed by atoms with E-state index in [2.05, 4.69) is 20.7 Å². The molecule has 0 aliphatic carbocycles. The zero-order valence-electron chi connectivity index (χ0n) is 23.6. The maximum atomic E-state index is 13.0. The first-order valence-electron chi connectivity index (χ1n) is 14.3. The van der Waals surface area contributed by atoms with Gasteiger partial charge in [-0.3, -0.25) is 9.48 Å². The monoisotopic (exact) mass is 569 g/mol. The molecule has 4 N–H and O–H groups in total. The van der Waals surface area contributed by atoms with Gasteiger partial charge < -0.3 is 30.7 Å². The number of rotatable bonds is 7. The Labute approximate surface area is 244 Å². The highest BCUT2D eigenvalue weighted by molar-refractivity contribution is 5.99. The number of piperidine rings is 1. The van der Waals surface area contributed by atoms with E-state index in [-0.39, 0.29) is 23.3 Å². The average Bonchev–Trinajstić information content (AvgIpc) is 3.66. The Morgan fingerprint density at radius 3 is 2.55 bits per heavy atom. The number of amides is 2. The first kappa shape index (κ1) is 27.5. The molecular formula is C31H35N7O4. The minimum Gasteiger partial charge on any atom is -0.493 e. The molecule has 42 heavy (non-hydrogen) atoms. The molecule has 1 atom stereocenters. The second-order valence-electron chi connectivity index (χ2n) is 11.0. The summed E-state index contributed by atoms with van der Waals surface area (Å²) < 4.78 is 13.4. The zero-order valence-corrected chi connectivity index (χ0v) is 23.6. The third-order valence-electron chi connectivity index (χ3n) is 7.92. The summed E-state index contributed by atoms with van der Waals surface area (Å²) in [6.07, 6.45) is 7.59. The Kier molecular flexibility index (Phi) is 7.91. The van der Waals surface area contributed by atoms with Gasteiger partial charge in [0, 0.05) is 49.7 Å². The van der Waals surface area contributed by atoms with Gasteiger partial charge in [0.2, 0.25) is 0 Å². The first-order chi connectivity index (χ1) is 20.4. The molecule has 2 aromatic heterocycles. The number of ether oxygens (including phenoxy) is 2. The van der Waals surface area contributed by atoms with Crippen molar-refractivity contribution in [2.75, 3.05) is 38.5 Å². The number of benzene rings is 2. The number of aryl methyl sites for hydroxylation is 1. The Morgan fingerprint density at radius 2 is 1.79 bits per heavy atom. The number of pyridine rings is 1. The zero-order chi connectivity index (χ0) is 29.1. The Bertz CT molecular complexity index is 1600. The summed E-state index contributed by atoms with van der Waals surface area (Å²) in [4.78, 5) is 31.8. The van der Waals surface area contributed by atoms with Crippen molar-refractivity contribution in [2.45, 2.75) is 25.3 Å². The third-order valence-corrected chi connectivity index (χ3v) is 7.92. The van der Waals surface area contributed by atoms with Crippen LogP contribution in [-0.2, 0) is 7.05 Å². The molecule has 0 bridgehead atoms. The molecule has 2 aliphatic heterocycles. The van der Waals surface area contributed by atoms with E-state index in [1.54, 1.807) is 34.1 Å². The lowest BCUT2D eigenvalue weighted by Crippen LogP contribution is -2.39. The van der Waals surface area contributed by atoms with Crippen molar-refractivity contribution >= 4 is 28.6 Å². The van der Waals surface area contributed by atoms with Crippen LogP contribution in [-0.4, -0.2) is 70.5 Å². The molecule has 2 aliphatic rings. The first-order valence-corrected chi connectivity index (χ1v) is 14.3. The van der Waals surface area contributed by atoms with Crippen molar-refractivity contribution in [1.82, 2.24) is 30.3 Å². The fraction of sp³-hybridized carbons (Fsp3) is 0.355. The van der Waals surface area contributed by atoms with Gasteiger partial charge in [-0.15, -0.1) is 0 Å². The van der Waals surface area contributed by atoms with Crippen molar-refractivity contribution in [1.29, 1.82) is 0 Å². The van der Waals surface area contributed by atoms with Crippen LogP contribution in [0.25, 0.3) is 21.9 Å². The fourth-order valence-electron chi connectivity index (χ4n) is 5.48. The van der Waals surface area contributed by atoms with E-state index in [9.17, 15) is 9.59 Å². The molecule has 0 unspecified atom stereocenters. The van der Waals surface area contributed by atoms with Crippen LogP contribution in [0.2, 0.25) is 0 Å². The number of hydrogen-bond donors (Lipinski definition) is 3. The van der Waals surface area contributed by atoms with E-state index < -0.39 is 6.09 Å². The normalized spacial score (nSPS) is 17.4. The molecule has 4 aromatic rings. The number of anilines is 1. The van der Waals surface area contributed by atoms with Gasteiger partial charge in [-0.2, -0.15) is 5.10 Å². The number of nitrogens with two attached hydrogens (primary N) is 1. The quantitative estimate of drug-likeness (QED) is 0.307. The van der Waals surface area contributed by atoms with Gasteiger partial charge in [0.1, 0.15) is 17.3 Å². The highest BCUT2D eigenvalue weighted by Gasteiger charge is 2.29. The highest BCUT2D eigenvalue weighted by Crippen LogP contribution is 2.27. The largest absolute Gasteiger partial charge is 0.493 e. The molecule has 2 aromatic carbocycles. The van der Waals surface area contributed by atoms with Crippen LogP contribution >= 0.6 is 0 Å². The van der Waals surface area contributed by atoms with E-state index in [0.717, 1.165) is 60.2 Å². The van der Waals surface area contributed by atoms with Gasteiger partial charge in [-0.05, 0) is 79.4 Å². The van der Waals surface area contributed by atoms with Crippen molar-refractivity contribution in [3.05, 3.63) is 66.6 Å². The molecule has 0 radical (unpaired) electrons. The van der Waals surface area contributed by atoms with Crippen LogP contribution in [0.15, 0.2) is 61.1 Å². The van der Waals surface area contributed by atoms with Gasteiger partial charge in [-0.1, -0.05) is 12.1 Å². The van der Waals surface area contributed by atoms with Gasteiger partial charge in [0.15, 0.2) is 0 Å². The number of carbonyl (C=O) groups excluding carboxylic acids is 2. The van der Waals surface area contributed by atoms with E-state index >= 15 is 0 Å². The van der Waals surface area contributed by atoms with Crippen LogP contribution in [0.5, 0.6) is 11.5 Å².